The SMILES string of the molecule is CCCCCc1ccc(NCC2CC=CCC2)cc1. The van der Waals surface area contributed by atoms with Gasteiger partial charge in [-0.2, -0.15) is 0 Å². The maximum atomic E-state index is 3.57. The first-order valence-corrected chi connectivity index (χ1v) is 7.86. The van der Waals surface area contributed by atoms with E-state index in [-0.39, 0.29) is 0 Å². The maximum Gasteiger partial charge on any atom is 0.0340 e. The van der Waals surface area contributed by atoms with Crippen LogP contribution in [0, 0.1) is 5.92 Å². The van der Waals surface area contributed by atoms with Gasteiger partial charge >= 0.3 is 0 Å². The molecule has 0 spiro atoms. The van der Waals surface area contributed by atoms with Crippen LogP contribution >= 0.6 is 0 Å². The van der Waals surface area contributed by atoms with Gasteiger partial charge in [0.25, 0.3) is 0 Å². The molecule has 1 aromatic carbocycles. The van der Waals surface area contributed by atoms with Crippen LogP contribution in [-0.4, -0.2) is 6.54 Å². The number of aryl methyl sites for hydroxylation is 1. The molecule has 1 heteroatoms. The fourth-order valence-corrected chi connectivity index (χ4v) is 2.67. The van der Waals surface area contributed by atoms with E-state index in [0.29, 0.717) is 0 Å². The number of unbranched alkanes of at least 4 members (excludes halogenated alkanes) is 2. The summed E-state index contributed by atoms with van der Waals surface area (Å²) in [6.45, 7) is 3.37. The Bertz CT molecular complexity index is 377. The molecule has 0 aliphatic heterocycles. The number of benzene rings is 1. The van der Waals surface area contributed by atoms with Crippen molar-refractivity contribution in [2.45, 2.75) is 51.9 Å². The van der Waals surface area contributed by atoms with Gasteiger partial charge < -0.3 is 5.32 Å². The van der Waals surface area contributed by atoms with Crippen molar-refractivity contribution in [2.24, 2.45) is 5.92 Å². The molecule has 1 aliphatic carbocycles. The van der Waals surface area contributed by atoms with E-state index in [1.165, 1.54) is 56.2 Å². The topological polar surface area (TPSA) is 12.0 Å². The van der Waals surface area contributed by atoms with Crippen molar-refractivity contribution in [3.63, 3.8) is 0 Å². The normalized spacial score (nSPS) is 18.5. The third kappa shape index (κ3) is 5.10. The van der Waals surface area contributed by atoms with Gasteiger partial charge in [-0.1, -0.05) is 44.1 Å². The van der Waals surface area contributed by atoms with Crippen molar-refractivity contribution < 1.29 is 0 Å². The first kappa shape index (κ1) is 14.2. The molecule has 1 atom stereocenters. The van der Waals surface area contributed by atoms with Crippen LogP contribution in [0.15, 0.2) is 36.4 Å². The summed E-state index contributed by atoms with van der Waals surface area (Å²) in [6.07, 6.45) is 13.6. The number of anilines is 1. The fraction of sp³-hybridized carbons (Fsp3) is 0.556. The molecule has 2 rings (SSSR count). The van der Waals surface area contributed by atoms with Crippen molar-refractivity contribution in [1.82, 2.24) is 0 Å². The van der Waals surface area contributed by atoms with Crippen molar-refractivity contribution in [1.29, 1.82) is 0 Å². The van der Waals surface area contributed by atoms with Crippen LogP contribution in [0.2, 0.25) is 0 Å². The van der Waals surface area contributed by atoms with Crippen LogP contribution in [-0.2, 0) is 6.42 Å². The predicted molar refractivity (Wildman–Crippen MR) is 84.6 cm³/mol. The van der Waals surface area contributed by atoms with E-state index in [2.05, 4.69) is 48.7 Å². The average molecular weight is 257 g/mol. The zero-order chi connectivity index (χ0) is 13.3. The molecule has 1 nitrogen and oxygen atoms in total. The molecule has 104 valence electrons. The highest BCUT2D eigenvalue weighted by Gasteiger charge is 2.08. The van der Waals surface area contributed by atoms with Crippen molar-refractivity contribution in [3.8, 4) is 0 Å². The Kier molecular flexibility index (Phi) is 6.00. The molecule has 0 aromatic heterocycles. The van der Waals surface area contributed by atoms with Crippen LogP contribution in [0.25, 0.3) is 0 Å². The minimum atomic E-state index is 0.814. The lowest BCUT2D eigenvalue weighted by molar-refractivity contribution is 0.504. The summed E-state index contributed by atoms with van der Waals surface area (Å²) in [5, 5.41) is 3.57. The summed E-state index contributed by atoms with van der Waals surface area (Å²) in [7, 11) is 0. The molecule has 0 amide bonds. The maximum absolute atomic E-state index is 3.57. The average Bonchev–Trinajstić information content (AvgIpc) is 2.48. The van der Waals surface area contributed by atoms with Gasteiger partial charge in [0.2, 0.25) is 0 Å². The Morgan fingerprint density at radius 1 is 1.11 bits per heavy atom. The molecule has 0 fully saturated rings. The molecule has 0 saturated carbocycles. The van der Waals surface area contributed by atoms with E-state index < -0.39 is 0 Å². The smallest absolute Gasteiger partial charge is 0.0340 e. The van der Waals surface area contributed by atoms with Gasteiger partial charge in [-0.3, -0.25) is 0 Å². The second-order valence-corrected chi connectivity index (χ2v) is 5.69. The highest BCUT2D eigenvalue weighted by atomic mass is 14.9. The first-order valence-electron chi connectivity index (χ1n) is 7.86. The molecular formula is C18H27N. The zero-order valence-electron chi connectivity index (χ0n) is 12.2. The van der Waals surface area contributed by atoms with Gasteiger partial charge in [-0.15, -0.1) is 0 Å². The number of allylic oxidation sites excluding steroid dienone is 2. The van der Waals surface area contributed by atoms with Gasteiger partial charge in [0.05, 0.1) is 0 Å². The fourth-order valence-electron chi connectivity index (χ4n) is 2.67. The highest BCUT2D eigenvalue weighted by Crippen LogP contribution is 2.19. The van der Waals surface area contributed by atoms with E-state index in [1.807, 2.05) is 0 Å². The van der Waals surface area contributed by atoms with Crippen LogP contribution in [0.5, 0.6) is 0 Å². The van der Waals surface area contributed by atoms with Crippen molar-refractivity contribution in [2.75, 3.05) is 11.9 Å². The van der Waals surface area contributed by atoms with Crippen molar-refractivity contribution in [3.05, 3.63) is 42.0 Å². The van der Waals surface area contributed by atoms with Gasteiger partial charge in [-0.25, -0.2) is 0 Å². The Balaban J connectivity index is 1.73. The summed E-state index contributed by atoms with van der Waals surface area (Å²) in [4.78, 5) is 0. The third-order valence-corrected chi connectivity index (χ3v) is 4.00. The minimum Gasteiger partial charge on any atom is -0.385 e. The quantitative estimate of drug-likeness (QED) is 0.523. The second kappa shape index (κ2) is 8.04. The van der Waals surface area contributed by atoms with E-state index in [1.54, 1.807) is 0 Å². The van der Waals surface area contributed by atoms with Gasteiger partial charge in [0.1, 0.15) is 0 Å². The molecule has 1 N–H and O–H groups in total. The summed E-state index contributed by atoms with van der Waals surface area (Å²) in [5.41, 5.74) is 2.74. The monoisotopic (exact) mass is 257 g/mol. The standard InChI is InChI=1S/C18H27N/c1-2-3-5-8-16-11-13-18(14-12-16)19-15-17-9-6-4-7-10-17/h4,6,11-14,17,19H,2-3,5,7-10,15H2,1H3. The van der Waals surface area contributed by atoms with Crippen LogP contribution in [0.1, 0.15) is 51.0 Å². The van der Waals surface area contributed by atoms with Gasteiger partial charge in [0, 0.05) is 12.2 Å². The van der Waals surface area contributed by atoms with Crippen molar-refractivity contribution >= 4 is 5.69 Å². The lowest BCUT2D eigenvalue weighted by Crippen LogP contribution is -2.15. The van der Waals surface area contributed by atoms with Crippen LogP contribution < -0.4 is 5.32 Å². The molecular weight excluding hydrogens is 230 g/mol. The summed E-state index contributed by atoms with van der Waals surface area (Å²) in [5.74, 6) is 0.814. The molecule has 1 aliphatic rings. The zero-order valence-corrected chi connectivity index (χ0v) is 12.2. The Morgan fingerprint density at radius 2 is 1.95 bits per heavy atom. The number of rotatable bonds is 7. The van der Waals surface area contributed by atoms with E-state index in [4.69, 9.17) is 0 Å². The Hall–Kier alpha value is -1.24. The Labute approximate surface area is 118 Å². The lowest BCUT2D eigenvalue weighted by atomic mass is 9.94. The molecule has 1 aromatic rings. The highest BCUT2D eigenvalue weighted by molar-refractivity contribution is 5.44. The van der Waals surface area contributed by atoms with Gasteiger partial charge in [0.15, 0.2) is 0 Å². The molecule has 1 unspecified atom stereocenters. The Morgan fingerprint density at radius 3 is 2.63 bits per heavy atom. The summed E-state index contributed by atoms with van der Waals surface area (Å²) < 4.78 is 0. The lowest BCUT2D eigenvalue weighted by Gasteiger charge is -2.18. The number of nitrogens with one attached hydrogen (secondary N) is 1. The molecule has 0 bridgehead atoms. The minimum absolute atomic E-state index is 0.814. The first-order chi connectivity index (χ1) is 9.38. The predicted octanol–water partition coefficient (Wildman–Crippen LogP) is 5.19. The summed E-state index contributed by atoms with van der Waals surface area (Å²) in [6, 6.07) is 9.03. The molecule has 19 heavy (non-hydrogen) atoms. The molecule has 0 saturated heterocycles. The molecule has 0 heterocycles. The van der Waals surface area contributed by atoms with E-state index in [9.17, 15) is 0 Å². The van der Waals surface area contributed by atoms with E-state index >= 15 is 0 Å². The summed E-state index contributed by atoms with van der Waals surface area (Å²) >= 11 is 0. The van der Waals surface area contributed by atoms with E-state index in [0.717, 1.165) is 12.5 Å². The largest absolute Gasteiger partial charge is 0.385 e. The van der Waals surface area contributed by atoms with Crippen LogP contribution in [0.4, 0.5) is 5.69 Å². The van der Waals surface area contributed by atoms with Crippen LogP contribution in [0.3, 0.4) is 0 Å². The molecule has 0 radical (unpaired) electrons. The number of hydrogen-bond donors (Lipinski definition) is 1. The third-order valence-electron chi connectivity index (χ3n) is 4.00. The second-order valence-electron chi connectivity index (χ2n) is 5.69. The number of hydrogen-bond acceptors (Lipinski definition) is 1. The van der Waals surface area contributed by atoms with Gasteiger partial charge in [-0.05, 0) is 55.7 Å².